The molecule has 0 radical (unpaired) electrons. The Morgan fingerprint density at radius 1 is 1.16 bits per heavy atom. The third kappa shape index (κ3) is 3.82. The molecular weight excluding hydrogens is 435 g/mol. The number of aromatic nitrogens is 5. The first-order valence-electron chi connectivity index (χ1n) is 9.86. The van der Waals surface area contributed by atoms with E-state index in [1.165, 1.54) is 5.56 Å². The van der Waals surface area contributed by atoms with E-state index in [0.29, 0.717) is 22.3 Å². The van der Waals surface area contributed by atoms with Gasteiger partial charge in [0.15, 0.2) is 0 Å². The van der Waals surface area contributed by atoms with Crippen LogP contribution in [-0.2, 0) is 12.8 Å². The van der Waals surface area contributed by atoms with Crippen molar-refractivity contribution in [1.82, 2.24) is 30.0 Å². The van der Waals surface area contributed by atoms with Gasteiger partial charge in [0.2, 0.25) is 5.82 Å². The van der Waals surface area contributed by atoms with Crippen molar-refractivity contribution in [2.45, 2.75) is 25.3 Å². The number of rotatable bonds is 4. The fraction of sp³-hybridized carbons (Fsp3) is 0.182. The number of hydrogen-bond acceptors (Lipinski definition) is 4. The Labute approximate surface area is 188 Å². The van der Waals surface area contributed by atoms with Crippen LogP contribution in [0.2, 0.25) is 10.0 Å². The third-order valence-corrected chi connectivity index (χ3v) is 6.09. The number of benzene rings is 2. The molecule has 0 bridgehead atoms. The zero-order valence-electron chi connectivity index (χ0n) is 16.3. The normalized spacial score (nSPS) is 15.1. The van der Waals surface area contributed by atoms with Crippen LogP contribution in [0.4, 0.5) is 0 Å². The molecule has 4 aromatic rings. The molecule has 2 N–H and O–H groups in total. The second-order valence-corrected chi connectivity index (χ2v) is 8.15. The molecule has 1 aliphatic rings. The zero-order valence-corrected chi connectivity index (χ0v) is 17.9. The number of hydrogen-bond donors (Lipinski definition) is 2. The number of aromatic amines is 1. The number of amides is 1. The molecule has 1 unspecified atom stereocenters. The largest absolute Gasteiger partial charge is 0.339 e. The van der Waals surface area contributed by atoms with Gasteiger partial charge in [-0.15, -0.1) is 5.10 Å². The van der Waals surface area contributed by atoms with E-state index in [9.17, 15) is 4.79 Å². The van der Waals surface area contributed by atoms with Crippen molar-refractivity contribution in [2.24, 2.45) is 0 Å². The van der Waals surface area contributed by atoms with Crippen molar-refractivity contribution >= 4 is 29.1 Å². The number of carbonyl (C=O) groups excluding carboxylic acids is 1. The van der Waals surface area contributed by atoms with Crippen LogP contribution < -0.4 is 5.32 Å². The van der Waals surface area contributed by atoms with Crippen LogP contribution in [0.3, 0.4) is 0 Å². The Kier molecular flexibility index (Phi) is 5.21. The predicted octanol–water partition coefficient (Wildman–Crippen LogP) is 4.31. The molecule has 9 heteroatoms. The van der Waals surface area contributed by atoms with E-state index in [-0.39, 0.29) is 17.8 Å². The van der Waals surface area contributed by atoms with E-state index < -0.39 is 0 Å². The predicted molar refractivity (Wildman–Crippen MR) is 118 cm³/mol. The van der Waals surface area contributed by atoms with Gasteiger partial charge >= 0.3 is 0 Å². The second kappa shape index (κ2) is 8.17. The molecule has 7 nitrogen and oxygen atoms in total. The number of imidazole rings is 1. The Morgan fingerprint density at radius 2 is 1.97 bits per heavy atom. The fourth-order valence-corrected chi connectivity index (χ4v) is 4.40. The maximum absolute atomic E-state index is 12.9. The highest BCUT2D eigenvalue weighted by Crippen LogP contribution is 2.29. The summed E-state index contributed by atoms with van der Waals surface area (Å²) < 4.78 is 2.02. The molecule has 31 heavy (non-hydrogen) atoms. The number of carbonyl (C=O) groups is 1. The average Bonchev–Trinajstić information content (AvgIpc) is 3.41. The molecule has 0 spiro atoms. The molecule has 1 amide bonds. The lowest BCUT2D eigenvalue weighted by Crippen LogP contribution is -2.30. The van der Waals surface area contributed by atoms with E-state index in [1.807, 2.05) is 22.9 Å². The van der Waals surface area contributed by atoms with Gasteiger partial charge in [-0.3, -0.25) is 9.89 Å². The summed E-state index contributed by atoms with van der Waals surface area (Å²) in [4.78, 5) is 21.7. The first-order chi connectivity index (χ1) is 15.1. The zero-order chi connectivity index (χ0) is 21.4. The van der Waals surface area contributed by atoms with Crippen molar-refractivity contribution in [3.8, 4) is 5.69 Å². The number of para-hydroxylation sites is 1. The van der Waals surface area contributed by atoms with Gasteiger partial charge in [0.1, 0.15) is 11.6 Å². The van der Waals surface area contributed by atoms with E-state index >= 15 is 0 Å². The van der Waals surface area contributed by atoms with Gasteiger partial charge in [-0.25, -0.2) is 9.97 Å². The minimum atomic E-state index is -0.363. The molecule has 0 fully saturated rings. The van der Waals surface area contributed by atoms with Crippen molar-refractivity contribution in [3.63, 3.8) is 0 Å². The van der Waals surface area contributed by atoms with Gasteiger partial charge in [0.25, 0.3) is 5.91 Å². The molecule has 3 heterocycles. The van der Waals surface area contributed by atoms with Crippen molar-refractivity contribution in [1.29, 1.82) is 0 Å². The summed E-state index contributed by atoms with van der Waals surface area (Å²) in [6.45, 7) is 0. The average molecular weight is 453 g/mol. The van der Waals surface area contributed by atoms with Crippen LogP contribution in [0.25, 0.3) is 5.69 Å². The summed E-state index contributed by atoms with van der Waals surface area (Å²) in [6.07, 6.45) is 5.56. The van der Waals surface area contributed by atoms with Crippen molar-refractivity contribution in [2.75, 3.05) is 0 Å². The van der Waals surface area contributed by atoms with Crippen LogP contribution in [0.1, 0.15) is 45.9 Å². The Balaban J connectivity index is 1.35. The van der Waals surface area contributed by atoms with Crippen LogP contribution in [0.15, 0.2) is 54.9 Å². The van der Waals surface area contributed by atoms with Gasteiger partial charge < -0.3 is 9.88 Å². The summed E-state index contributed by atoms with van der Waals surface area (Å²) in [5.74, 6) is 1.00. The standard InChI is InChI=1S/C22H18Cl2N6O/c23-15-5-3-6-16(24)14(15)12-19-27-20(29-28-19)22(31)26-17-9-8-13-4-1-2-7-18(13)30-11-10-25-21(17)30/h1-7,10-11,17H,8-9,12H2,(H,26,31)(H,27,28,29). The lowest BCUT2D eigenvalue weighted by Gasteiger charge is -2.15. The van der Waals surface area contributed by atoms with E-state index in [4.69, 9.17) is 23.2 Å². The van der Waals surface area contributed by atoms with Crippen molar-refractivity contribution in [3.05, 3.63) is 93.5 Å². The Bertz CT molecular complexity index is 1240. The quantitative estimate of drug-likeness (QED) is 0.482. The number of aryl methyl sites for hydroxylation is 1. The highest BCUT2D eigenvalue weighted by Gasteiger charge is 2.26. The molecule has 156 valence electrons. The van der Waals surface area contributed by atoms with Crippen molar-refractivity contribution < 1.29 is 4.79 Å². The van der Waals surface area contributed by atoms with Gasteiger partial charge in [0.05, 0.1) is 6.04 Å². The number of nitrogens with zero attached hydrogens (tertiary/aromatic N) is 4. The smallest absolute Gasteiger partial charge is 0.291 e. The van der Waals surface area contributed by atoms with Gasteiger partial charge in [-0.05, 0) is 42.2 Å². The molecule has 0 saturated carbocycles. The summed E-state index contributed by atoms with van der Waals surface area (Å²) in [6, 6.07) is 13.2. The van der Waals surface area contributed by atoms with Gasteiger partial charge in [-0.1, -0.05) is 47.5 Å². The summed E-state index contributed by atoms with van der Waals surface area (Å²) in [7, 11) is 0. The van der Waals surface area contributed by atoms with Crippen LogP contribution in [0, 0.1) is 0 Å². The first-order valence-corrected chi connectivity index (χ1v) is 10.6. The topological polar surface area (TPSA) is 88.5 Å². The lowest BCUT2D eigenvalue weighted by molar-refractivity contribution is 0.0922. The molecule has 0 aliphatic carbocycles. The SMILES string of the molecule is O=C(NC1CCc2ccccc2-n2ccnc21)c1n[nH]c(Cc2c(Cl)cccc2Cl)n1. The molecule has 0 saturated heterocycles. The minimum Gasteiger partial charge on any atom is -0.339 e. The van der Waals surface area contributed by atoms with Gasteiger partial charge in [-0.2, -0.15) is 0 Å². The minimum absolute atomic E-state index is 0.0676. The monoisotopic (exact) mass is 452 g/mol. The highest BCUT2D eigenvalue weighted by atomic mass is 35.5. The highest BCUT2D eigenvalue weighted by molar-refractivity contribution is 6.36. The maximum atomic E-state index is 12.9. The summed E-state index contributed by atoms with van der Waals surface area (Å²) >= 11 is 12.5. The number of halogens is 2. The molecule has 2 aromatic heterocycles. The van der Waals surface area contributed by atoms with E-state index in [2.05, 4.69) is 37.6 Å². The summed E-state index contributed by atoms with van der Waals surface area (Å²) in [5, 5.41) is 11.0. The third-order valence-electron chi connectivity index (χ3n) is 5.38. The van der Waals surface area contributed by atoms with Crippen LogP contribution >= 0.6 is 23.2 Å². The molecule has 2 aromatic carbocycles. The number of nitrogens with one attached hydrogen (secondary N) is 2. The van der Waals surface area contributed by atoms with Gasteiger partial charge in [0, 0.05) is 34.5 Å². The number of H-pyrrole nitrogens is 1. The molecule has 1 aliphatic heterocycles. The Hall–Kier alpha value is -3.16. The van der Waals surface area contributed by atoms with Crippen LogP contribution in [-0.4, -0.2) is 30.6 Å². The number of fused-ring (bicyclic) bond motifs is 3. The molecule has 1 atom stereocenters. The lowest BCUT2D eigenvalue weighted by atomic mass is 10.1. The fourth-order valence-electron chi connectivity index (χ4n) is 3.87. The van der Waals surface area contributed by atoms with Crippen LogP contribution in [0.5, 0.6) is 0 Å². The maximum Gasteiger partial charge on any atom is 0.291 e. The molecular formula is C22H18Cl2N6O. The first kappa shape index (κ1) is 19.8. The Morgan fingerprint density at radius 3 is 2.81 bits per heavy atom. The second-order valence-electron chi connectivity index (χ2n) is 7.33. The molecule has 5 rings (SSSR count). The summed E-state index contributed by atoms with van der Waals surface area (Å²) in [5.41, 5.74) is 3.04. The van der Waals surface area contributed by atoms with E-state index in [1.54, 1.807) is 24.4 Å². The van der Waals surface area contributed by atoms with E-state index in [0.717, 1.165) is 29.9 Å².